The highest BCUT2D eigenvalue weighted by Gasteiger charge is 2.18. The molecular formula is C28H35N7O4. The minimum atomic E-state index is -0.205. The Hall–Kier alpha value is -3.93. The van der Waals surface area contributed by atoms with E-state index in [9.17, 15) is 5.11 Å². The van der Waals surface area contributed by atoms with E-state index in [-0.39, 0.29) is 24.4 Å². The van der Waals surface area contributed by atoms with Crippen LogP contribution in [0.3, 0.4) is 0 Å². The maximum atomic E-state index is 10.5. The SMILES string of the molecule is CCOc1nc(N)c2nc(O)n(Cc3ccc(CNCc4ccc(CN5CCOCC5)cc4)cc3OC)c2n1. The summed E-state index contributed by atoms with van der Waals surface area (Å²) in [6.07, 6.45) is 0. The predicted octanol–water partition coefficient (Wildman–Crippen LogP) is 2.69. The molecule has 39 heavy (non-hydrogen) atoms. The second kappa shape index (κ2) is 12.3. The Morgan fingerprint density at radius 3 is 2.44 bits per heavy atom. The molecule has 3 heterocycles. The quantitative estimate of drug-likeness (QED) is 0.264. The zero-order chi connectivity index (χ0) is 27.2. The van der Waals surface area contributed by atoms with Gasteiger partial charge in [0.05, 0.1) is 33.5 Å². The van der Waals surface area contributed by atoms with Gasteiger partial charge in [0.15, 0.2) is 17.0 Å². The van der Waals surface area contributed by atoms with Crippen molar-refractivity contribution in [1.29, 1.82) is 0 Å². The van der Waals surface area contributed by atoms with Gasteiger partial charge in [-0.2, -0.15) is 15.0 Å². The van der Waals surface area contributed by atoms with E-state index in [2.05, 4.69) is 49.4 Å². The zero-order valence-corrected chi connectivity index (χ0v) is 22.4. The van der Waals surface area contributed by atoms with Crippen LogP contribution in [0.25, 0.3) is 11.2 Å². The van der Waals surface area contributed by atoms with Gasteiger partial charge in [0.1, 0.15) is 5.75 Å². The first-order valence-electron chi connectivity index (χ1n) is 13.1. The average molecular weight is 534 g/mol. The standard InChI is InChI=1S/C28H35N7O4/c1-3-39-27-32-25(29)24-26(33-27)35(28(36)31-24)18-22-9-8-21(14-23(22)37-2)16-30-15-19-4-6-20(7-5-19)17-34-10-12-38-13-11-34/h4-9,14,30H,3,10-13,15-18H2,1-2H3,(H,31,36)(H2,29,32,33). The summed E-state index contributed by atoms with van der Waals surface area (Å²) >= 11 is 0. The molecule has 0 saturated carbocycles. The zero-order valence-electron chi connectivity index (χ0n) is 22.4. The molecule has 4 aromatic rings. The largest absolute Gasteiger partial charge is 0.496 e. The van der Waals surface area contributed by atoms with Crippen LogP contribution in [0.15, 0.2) is 42.5 Å². The number of rotatable bonds is 11. The van der Waals surface area contributed by atoms with Crippen LogP contribution in [0, 0.1) is 0 Å². The lowest BCUT2D eigenvalue weighted by molar-refractivity contribution is 0.0342. The third-order valence-corrected chi connectivity index (χ3v) is 6.73. The van der Waals surface area contributed by atoms with Gasteiger partial charge in [-0.1, -0.05) is 36.4 Å². The van der Waals surface area contributed by atoms with Gasteiger partial charge in [-0.3, -0.25) is 9.47 Å². The lowest BCUT2D eigenvalue weighted by Crippen LogP contribution is -2.35. The van der Waals surface area contributed by atoms with Crippen molar-refractivity contribution in [2.75, 3.05) is 45.8 Å². The Labute approximate surface area is 227 Å². The Balaban J connectivity index is 1.22. The van der Waals surface area contributed by atoms with Gasteiger partial charge in [-0.05, 0) is 29.7 Å². The van der Waals surface area contributed by atoms with Gasteiger partial charge in [-0.25, -0.2) is 0 Å². The average Bonchev–Trinajstić information content (AvgIpc) is 3.26. The van der Waals surface area contributed by atoms with Crippen molar-refractivity contribution in [3.63, 3.8) is 0 Å². The van der Waals surface area contributed by atoms with Crippen LogP contribution in [0.2, 0.25) is 0 Å². The molecule has 206 valence electrons. The van der Waals surface area contributed by atoms with E-state index in [1.54, 1.807) is 11.7 Å². The Morgan fingerprint density at radius 1 is 0.974 bits per heavy atom. The van der Waals surface area contributed by atoms with Crippen LogP contribution in [-0.4, -0.2) is 69.5 Å². The number of benzene rings is 2. The molecule has 11 nitrogen and oxygen atoms in total. The van der Waals surface area contributed by atoms with Crippen molar-refractivity contribution < 1.29 is 19.3 Å². The molecule has 0 amide bonds. The minimum Gasteiger partial charge on any atom is -0.496 e. The van der Waals surface area contributed by atoms with Crippen LogP contribution in [0.4, 0.5) is 5.82 Å². The fourth-order valence-electron chi connectivity index (χ4n) is 4.66. The number of morpholine rings is 1. The second-order valence-electron chi connectivity index (χ2n) is 9.45. The number of nitrogen functional groups attached to an aromatic ring is 1. The smallest absolute Gasteiger partial charge is 0.320 e. The summed E-state index contributed by atoms with van der Waals surface area (Å²) in [6.45, 7) is 8.55. The number of hydrogen-bond donors (Lipinski definition) is 3. The van der Waals surface area contributed by atoms with Gasteiger partial charge < -0.3 is 30.4 Å². The molecule has 2 aromatic carbocycles. The van der Waals surface area contributed by atoms with Crippen LogP contribution >= 0.6 is 0 Å². The topological polar surface area (TPSA) is 133 Å². The highest BCUT2D eigenvalue weighted by molar-refractivity contribution is 5.83. The number of imidazole rings is 1. The summed E-state index contributed by atoms with van der Waals surface area (Å²) in [7, 11) is 1.63. The van der Waals surface area contributed by atoms with E-state index in [1.807, 2.05) is 25.1 Å². The van der Waals surface area contributed by atoms with Crippen molar-refractivity contribution in [1.82, 2.24) is 29.7 Å². The molecule has 5 rings (SSSR count). The number of hydrogen-bond acceptors (Lipinski definition) is 10. The number of nitrogens with zero attached hydrogens (tertiary/aromatic N) is 5. The van der Waals surface area contributed by atoms with Gasteiger partial charge in [-0.15, -0.1) is 0 Å². The van der Waals surface area contributed by atoms with E-state index < -0.39 is 0 Å². The molecule has 2 aromatic heterocycles. The number of methoxy groups -OCH3 is 1. The second-order valence-corrected chi connectivity index (χ2v) is 9.45. The van der Waals surface area contributed by atoms with Crippen molar-refractivity contribution in [2.24, 2.45) is 0 Å². The highest BCUT2D eigenvalue weighted by Crippen LogP contribution is 2.28. The van der Waals surface area contributed by atoms with E-state index in [4.69, 9.17) is 19.9 Å². The summed E-state index contributed by atoms with van der Waals surface area (Å²) in [5, 5.41) is 14.0. The van der Waals surface area contributed by atoms with Crippen molar-refractivity contribution in [3.8, 4) is 17.8 Å². The molecular weight excluding hydrogens is 498 g/mol. The summed E-state index contributed by atoms with van der Waals surface area (Å²) in [4.78, 5) is 15.0. The fraction of sp³-hybridized carbons (Fsp3) is 0.393. The highest BCUT2D eigenvalue weighted by atomic mass is 16.5. The fourth-order valence-corrected chi connectivity index (χ4v) is 4.66. The normalized spacial score (nSPS) is 14.1. The van der Waals surface area contributed by atoms with Gasteiger partial charge in [0.25, 0.3) is 6.01 Å². The van der Waals surface area contributed by atoms with Gasteiger partial charge >= 0.3 is 6.01 Å². The van der Waals surface area contributed by atoms with E-state index >= 15 is 0 Å². The molecule has 1 saturated heterocycles. The van der Waals surface area contributed by atoms with Crippen LogP contribution in [-0.2, 0) is 30.9 Å². The number of nitrogens with two attached hydrogens (primary N) is 1. The molecule has 1 aliphatic heterocycles. The number of anilines is 1. The summed E-state index contributed by atoms with van der Waals surface area (Å²) in [6, 6.07) is 14.7. The lowest BCUT2D eigenvalue weighted by Gasteiger charge is -2.26. The van der Waals surface area contributed by atoms with Crippen molar-refractivity contribution in [3.05, 3.63) is 64.7 Å². The Kier molecular flexibility index (Phi) is 8.40. The molecule has 1 fully saturated rings. The molecule has 1 aliphatic rings. The number of aromatic nitrogens is 4. The summed E-state index contributed by atoms with van der Waals surface area (Å²) in [5.41, 5.74) is 11.2. The maximum absolute atomic E-state index is 10.5. The van der Waals surface area contributed by atoms with E-state index in [1.165, 1.54) is 11.1 Å². The Bertz CT molecular complexity index is 1400. The molecule has 0 atom stereocenters. The molecule has 0 bridgehead atoms. The molecule has 11 heteroatoms. The van der Waals surface area contributed by atoms with E-state index in [0.29, 0.717) is 30.1 Å². The molecule has 0 unspecified atom stereocenters. The number of nitrogens with one attached hydrogen (secondary N) is 1. The van der Waals surface area contributed by atoms with E-state index in [0.717, 1.165) is 50.5 Å². The summed E-state index contributed by atoms with van der Waals surface area (Å²) < 4.78 is 18.1. The number of aromatic hydroxyl groups is 1. The first kappa shape index (κ1) is 26.7. The third kappa shape index (κ3) is 6.39. The Morgan fingerprint density at radius 2 is 1.69 bits per heavy atom. The maximum Gasteiger partial charge on any atom is 0.320 e. The first-order valence-corrected chi connectivity index (χ1v) is 13.1. The lowest BCUT2D eigenvalue weighted by atomic mass is 10.1. The first-order chi connectivity index (χ1) is 19.0. The third-order valence-electron chi connectivity index (χ3n) is 6.73. The monoisotopic (exact) mass is 533 g/mol. The van der Waals surface area contributed by atoms with Crippen LogP contribution in [0.1, 0.15) is 29.2 Å². The number of ether oxygens (including phenoxy) is 3. The van der Waals surface area contributed by atoms with Crippen molar-refractivity contribution >= 4 is 17.0 Å². The van der Waals surface area contributed by atoms with Gasteiger partial charge in [0.2, 0.25) is 0 Å². The molecule has 0 spiro atoms. The van der Waals surface area contributed by atoms with Crippen LogP contribution in [0.5, 0.6) is 17.8 Å². The van der Waals surface area contributed by atoms with Crippen LogP contribution < -0.4 is 20.5 Å². The molecule has 0 radical (unpaired) electrons. The van der Waals surface area contributed by atoms with Crippen molar-refractivity contribution in [2.45, 2.75) is 33.1 Å². The predicted molar refractivity (Wildman–Crippen MR) is 148 cm³/mol. The summed E-state index contributed by atoms with van der Waals surface area (Å²) in [5.74, 6) is 0.854. The minimum absolute atomic E-state index is 0.142. The molecule has 4 N–H and O–H groups in total. The number of fused-ring (bicyclic) bond motifs is 1. The molecule has 0 aliphatic carbocycles. The van der Waals surface area contributed by atoms with Gasteiger partial charge in [0, 0.05) is 38.3 Å².